The van der Waals surface area contributed by atoms with Gasteiger partial charge in [0.05, 0.1) is 12.8 Å². The van der Waals surface area contributed by atoms with Crippen molar-refractivity contribution in [2.75, 3.05) is 7.11 Å². The first-order chi connectivity index (χ1) is 8.58. The van der Waals surface area contributed by atoms with Gasteiger partial charge in [0.2, 0.25) is 0 Å². The molecule has 0 rings (SSSR count). The number of carboxylic acids is 2. The summed E-state index contributed by atoms with van der Waals surface area (Å²) >= 11 is 0. The molecule has 7 nitrogen and oxygen atoms in total. The molecule has 0 fully saturated rings. The zero-order chi connectivity index (χ0) is 15.3. The number of esters is 1. The first-order valence-corrected chi connectivity index (χ1v) is 5.81. The highest BCUT2D eigenvalue weighted by atomic mass is 16.6. The standard InChI is InChI=1S/C12H20O7/c1-5-11(2,3)19-9(15)7-12(18-4,10(16)17)6-8(13)14/h5-7H2,1-4H3,(H,13,14)(H,16,17). The Morgan fingerprint density at radius 1 is 1.11 bits per heavy atom. The molecule has 0 aliphatic carbocycles. The van der Waals surface area contributed by atoms with Gasteiger partial charge in [0.25, 0.3) is 0 Å². The van der Waals surface area contributed by atoms with Gasteiger partial charge in [0, 0.05) is 7.11 Å². The fourth-order valence-electron chi connectivity index (χ4n) is 1.34. The maximum atomic E-state index is 11.7. The van der Waals surface area contributed by atoms with Crippen LogP contribution in [0.3, 0.4) is 0 Å². The zero-order valence-electron chi connectivity index (χ0n) is 11.6. The first kappa shape index (κ1) is 17.4. The molecule has 1 atom stereocenters. The van der Waals surface area contributed by atoms with Crippen molar-refractivity contribution in [3.63, 3.8) is 0 Å². The maximum absolute atomic E-state index is 11.7. The summed E-state index contributed by atoms with van der Waals surface area (Å²) in [6.07, 6.45) is -0.931. The summed E-state index contributed by atoms with van der Waals surface area (Å²) in [6, 6.07) is 0. The summed E-state index contributed by atoms with van der Waals surface area (Å²) < 4.78 is 9.85. The Morgan fingerprint density at radius 3 is 1.95 bits per heavy atom. The largest absolute Gasteiger partial charge is 0.481 e. The molecule has 19 heavy (non-hydrogen) atoms. The van der Waals surface area contributed by atoms with Crippen LogP contribution in [-0.4, -0.2) is 46.4 Å². The van der Waals surface area contributed by atoms with Gasteiger partial charge in [-0.3, -0.25) is 9.59 Å². The van der Waals surface area contributed by atoms with Gasteiger partial charge < -0.3 is 19.7 Å². The summed E-state index contributed by atoms with van der Waals surface area (Å²) in [4.78, 5) is 33.6. The normalized spacial score (nSPS) is 14.5. The Balaban J connectivity index is 4.97. The number of methoxy groups -OCH3 is 1. The molecule has 0 aromatic carbocycles. The van der Waals surface area contributed by atoms with Gasteiger partial charge in [-0.15, -0.1) is 0 Å². The number of rotatable bonds is 8. The van der Waals surface area contributed by atoms with Gasteiger partial charge in [-0.05, 0) is 20.3 Å². The molecule has 0 aromatic heterocycles. The Hall–Kier alpha value is -1.63. The summed E-state index contributed by atoms with van der Waals surface area (Å²) in [7, 11) is 1.05. The van der Waals surface area contributed by atoms with E-state index < -0.39 is 42.0 Å². The Labute approximate surface area is 111 Å². The molecule has 0 spiro atoms. The van der Waals surface area contributed by atoms with Crippen LogP contribution in [0.25, 0.3) is 0 Å². The highest BCUT2D eigenvalue weighted by molar-refractivity contribution is 5.88. The van der Waals surface area contributed by atoms with Gasteiger partial charge in [0.1, 0.15) is 5.60 Å². The number of aliphatic carboxylic acids is 2. The number of ether oxygens (including phenoxy) is 2. The predicted octanol–water partition coefficient (Wildman–Crippen LogP) is 1.05. The molecule has 0 aliphatic rings. The van der Waals surface area contributed by atoms with E-state index in [1.165, 1.54) is 0 Å². The van der Waals surface area contributed by atoms with Crippen LogP contribution in [0.1, 0.15) is 40.0 Å². The summed E-state index contributed by atoms with van der Waals surface area (Å²) in [6.45, 7) is 5.17. The molecule has 1 unspecified atom stereocenters. The fraction of sp³-hybridized carbons (Fsp3) is 0.750. The van der Waals surface area contributed by atoms with E-state index in [0.29, 0.717) is 6.42 Å². The number of carbonyl (C=O) groups is 3. The number of hydrogen-bond donors (Lipinski definition) is 2. The van der Waals surface area contributed by atoms with E-state index in [4.69, 9.17) is 19.7 Å². The molecule has 0 radical (unpaired) electrons. The van der Waals surface area contributed by atoms with Crippen molar-refractivity contribution in [3.8, 4) is 0 Å². The highest BCUT2D eigenvalue weighted by Crippen LogP contribution is 2.24. The van der Waals surface area contributed by atoms with E-state index in [0.717, 1.165) is 7.11 Å². The number of hydrogen-bond acceptors (Lipinski definition) is 5. The second-order valence-electron chi connectivity index (χ2n) is 4.84. The van der Waals surface area contributed by atoms with E-state index >= 15 is 0 Å². The molecule has 0 saturated carbocycles. The molecule has 0 aliphatic heterocycles. The SMILES string of the molecule is CCC(C)(C)OC(=O)CC(CC(=O)O)(OC)C(=O)O. The van der Waals surface area contributed by atoms with Crippen LogP contribution in [-0.2, 0) is 23.9 Å². The predicted molar refractivity (Wildman–Crippen MR) is 64.7 cm³/mol. The monoisotopic (exact) mass is 276 g/mol. The number of carboxylic acid groups (broad SMARTS) is 2. The fourth-order valence-corrected chi connectivity index (χ4v) is 1.34. The summed E-state index contributed by atoms with van der Waals surface area (Å²) in [5, 5.41) is 17.8. The number of carbonyl (C=O) groups excluding carboxylic acids is 1. The zero-order valence-corrected chi connectivity index (χ0v) is 11.6. The lowest BCUT2D eigenvalue weighted by Gasteiger charge is -2.28. The summed E-state index contributed by atoms with van der Waals surface area (Å²) in [5.74, 6) is -3.69. The first-order valence-electron chi connectivity index (χ1n) is 5.81. The van der Waals surface area contributed by atoms with E-state index in [1.807, 2.05) is 6.92 Å². The molecular formula is C12H20O7. The van der Waals surface area contributed by atoms with E-state index in [1.54, 1.807) is 13.8 Å². The van der Waals surface area contributed by atoms with Crippen LogP contribution in [0.2, 0.25) is 0 Å². The minimum Gasteiger partial charge on any atom is -0.481 e. The molecule has 110 valence electrons. The van der Waals surface area contributed by atoms with Crippen molar-refractivity contribution in [2.24, 2.45) is 0 Å². The average molecular weight is 276 g/mol. The van der Waals surface area contributed by atoms with Crippen molar-refractivity contribution in [2.45, 2.75) is 51.2 Å². The molecule has 0 amide bonds. The molecule has 0 bridgehead atoms. The van der Waals surface area contributed by atoms with Crippen molar-refractivity contribution in [1.29, 1.82) is 0 Å². The molecule has 0 aromatic rings. The van der Waals surface area contributed by atoms with Gasteiger partial charge in [-0.1, -0.05) is 6.92 Å². The molecule has 7 heteroatoms. The third-order valence-corrected chi connectivity index (χ3v) is 2.89. The maximum Gasteiger partial charge on any atom is 0.337 e. The van der Waals surface area contributed by atoms with Crippen LogP contribution < -0.4 is 0 Å². The lowest BCUT2D eigenvalue weighted by Crippen LogP contribution is -2.46. The Kier molecular flexibility index (Phi) is 5.95. The van der Waals surface area contributed by atoms with Gasteiger partial charge in [-0.2, -0.15) is 0 Å². The van der Waals surface area contributed by atoms with E-state index in [2.05, 4.69) is 0 Å². The quantitative estimate of drug-likeness (QED) is 0.637. The lowest BCUT2D eigenvalue weighted by atomic mass is 9.95. The topological polar surface area (TPSA) is 110 Å². The Bertz CT molecular complexity index is 361. The highest BCUT2D eigenvalue weighted by Gasteiger charge is 2.44. The second-order valence-corrected chi connectivity index (χ2v) is 4.84. The van der Waals surface area contributed by atoms with Crippen molar-refractivity contribution in [3.05, 3.63) is 0 Å². The van der Waals surface area contributed by atoms with Gasteiger partial charge in [0.15, 0.2) is 5.60 Å². The van der Waals surface area contributed by atoms with E-state index in [9.17, 15) is 14.4 Å². The van der Waals surface area contributed by atoms with Crippen molar-refractivity contribution in [1.82, 2.24) is 0 Å². The third kappa shape index (κ3) is 5.25. The third-order valence-electron chi connectivity index (χ3n) is 2.89. The Morgan fingerprint density at radius 2 is 1.63 bits per heavy atom. The van der Waals surface area contributed by atoms with Gasteiger partial charge in [-0.25, -0.2) is 4.79 Å². The molecule has 0 saturated heterocycles. The van der Waals surface area contributed by atoms with Crippen molar-refractivity contribution < 1.29 is 34.1 Å². The molecular weight excluding hydrogens is 256 g/mol. The van der Waals surface area contributed by atoms with Crippen LogP contribution in [0.15, 0.2) is 0 Å². The minimum atomic E-state index is -2.10. The average Bonchev–Trinajstić information content (AvgIpc) is 2.26. The van der Waals surface area contributed by atoms with Gasteiger partial charge >= 0.3 is 17.9 Å². The van der Waals surface area contributed by atoms with E-state index in [-0.39, 0.29) is 0 Å². The lowest BCUT2D eigenvalue weighted by molar-refractivity contribution is -0.180. The van der Waals surface area contributed by atoms with Crippen molar-refractivity contribution >= 4 is 17.9 Å². The van der Waals surface area contributed by atoms with Crippen LogP contribution in [0, 0.1) is 0 Å². The smallest absolute Gasteiger partial charge is 0.337 e. The van der Waals surface area contributed by atoms with Crippen LogP contribution >= 0.6 is 0 Å². The van der Waals surface area contributed by atoms with Crippen LogP contribution in [0.4, 0.5) is 0 Å². The van der Waals surface area contributed by atoms with Crippen LogP contribution in [0.5, 0.6) is 0 Å². The summed E-state index contributed by atoms with van der Waals surface area (Å²) in [5.41, 5.74) is -2.84. The minimum absolute atomic E-state index is 0.546. The molecule has 2 N–H and O–H groups in total. The molecule has 0 heterocycles. The second kappa shape index (κ2) is 6.51.